The number of likely N-dealkylation sites (tertiary alicyclic amines) is 1. The van der Waals surface area contributed by atoms with Crippen molar-refractivity contribution in [3.63, 3.8) is 0 Å². The Morgan fingerprint density at radius 3 is 2.18 bits per heavy atom. The Bertz CT molecular complexity index is 971. The van der Waals surface area contributed by atoms with Crippen LogP contribution in [0.1, 0.15) is 132 Å². The molecule has 0 aromatic carbocycles. The summed E-state index contributed by atoms with van der Waals surface area (Å²) in [6, 6.07) is 1.88. The number of nitrogens with two attached hydrogens (primary N) is 1. The van der Waals surface area contributed by atoms with E-state index in [-0.39, 0.29) is 0 Å². The third-order valence-corrected chi connectivity index (χ3v) is 12.7. The van der Waals surface area contributed by atoms with E-state index in [1.54, 1.807) is 0 Å². The van der Waals surface area contributed by atoms with Crippen LogP contribution in [0.5, 0.6) is 0 Å². The van der Waals surface area contributed by atoms with Gasteiger partial charge >= 0.3 is 0 Å². The minimum atomic E-state index is 0.422. The Balaban J connectivity index is 1.29. The second-order valence-electron chi connectivity index (χ2n) is 17.8. The molecule has 0 spiro atoms. The van der Waals surface area contributed by atoms with Crippen LogP contribution in [0, 0.1) is 40.4 Å². The van der Waals surface area contributed by atoms with Gasteiger partial charge in [-0.2, -0.15) is 0 Å². The summed E-state index contributed by atoms with van der Waals surface area (Å²) in [6.45, 7) is 23.0. The second-order valence-corrected chi connectivity index (χ2v) is 17.8. The molecule has 2 saturated carbocycles. The van der Waals surface area contributed by atoms with Gasteiger partial charge < -0.3 is 20.4 Å². The number of rotatable bonds is 12. The molecule has 0 aromatic rings. The van der Waals surface area contributed by atoms with E-state index in [4.69, 9.17) is 5.73 Å². The maximum atomic E-state index is 9.71. The molecule has 45 heavy (non-hydrogen) atoms. The lowest BCUT2D eigenvalue weighted by Crippen LogP contribution is -2.52. The summed E-state index contributed by atoms with van der Waals surface area (Å²) in [5, 5.41) is 9.71. The zero-order valence-electron chi connectivity index (χ0n) is 30.4. The molecule has 2 saturated heterocycles. The fourth-order valence-electron chi connectivity index (χ4n) is 9.82. The molecule has 4 fully saturated rings. The quantitative estimate of drug-likeness (QED) is 0.239. The van der Waals surface area contributed by atoms with Gasteiger partial charge in [-0.3, -0.25) is 15.3 Å². The first-order valence-electron chi connectivity index (χ1n) is 19.3. The van der Waals surface area contributed by atoms with E-state index in [1.807, 2.05) is 0 Å². The fraction of sp³-hybridized carbons (Fsp3) is 0.947. The first kappa shape index (κ1) is 34.8. The first-order valence-corrected chi connectivity index (χ1v) is 19.3. The van der Waals surface area contributed by atoms with Gasteiger partial charge in [-0.1, -0.05) is 80.6 Å². The normalized spacial score (nSPS) is 31.6. The smallest absolute Gasteiger partial charge is 0.194 e. The van der Waals surface area contributed by atoms with E-state index in [1.165, 1.54) is 83.6 Å². The van der Waals surface area contributed by atoms with Crippen molar-refractivity contribution in [2.45, 2.75) is 156 Å². The molecule has 4 atom stereocenters. The highest BCUT2D eigenvalue weighted by atomic mass is 15.5. The molecule has 2 aliphatic carbocycles. The minimum absolute atomic E-state index is 0.422. The molecular formula is C38H71N7. The number of hydrogen-bond donors (Lipinski definition) is 2. The molecule has 0 amide bonds. The lowest BCUT2D eigenvalue weighted by atomic mass is 9.70. The van der Waals surface area contributed by atoms with Gasteiger partial charge in [-0.15, -0.1) is 0 Å². The highest BCUT2D eigenvalue weighted by Crippen LogP contribution is 2.41. The van der Waals surface area contributed by atoms with Crippen molar-refractivity contribution < 1.29 is 0 Å². The summed E-state index contributed by atoms with van der Waals surface area (Å²) in [5.41, 5.74) is 6.91. The van der Waals surface area contributed by atoms with Crippen LogP contribution in [0.25, 0.3) is 0 Å². The van der Waals surface area contributed by atoms with Crippen molar-refractivity contribution in [3.8, 4) is 0 Å². The molecule has 258 valence electrons. The summed E-state index contributed by atoms with van der Waals surface area (Å²) in [5.74, 6) is 5.22. The van der Waals surface area contributed by atoms with Gasteiger partial charge in [0, 0.05) is 38.3 Å². The van der Waals surface area contributed by atoms with Gasteiger partial charge in [0.15, 0.2) is 11.9 Å². The standard InChI is InChI=1S/C38H71N7/c1-27(2)20-33-22-41-36(39)43(33)25-32-14-11-19-42(32)24-34(21-29-12-9-8-10-13-29)44-26-35(28(3)4)45(37(44)40)23-30-15-17-31(18-16-30)38(5,6)7/h27-35,40H,8-26H2,1-7H3,(H2,39,41)/t30?,31?,32-,33+,34+,35-/m0/s1. The van der Waals surface area contributed by atoms with Crippen molar-refractivity contribution >= 4 is 11.9 Å². The van der Waals surface area contributed by atoms with E-state index in [0.717, 1.165) is 68.8 Å². The van der Waals surface area contributed by atoms with Crippen LogP contribution in [-0.2, 0) is 0 Å². The lowest BCUT2D eigenvalue weighted by molar-refractivity contribution is 0.129. The van der Waals surface area contributed by atoms with Crippen LogP contribution in [0.3, 0.4) is 0 Å². The third kappa shape index (κ3) is 8.70. The molecule has 5 rings (SSSR count). The molecule has 0 radical (unpaired) electrons. The van der Waals surface area contributed by atoms with Gasteiger partial charge in [0.1, 0.15) is 0 Å². The van der Waals surface area contributed by atoms with E-state index >= 15 is 0 Å². The second kappa shape index (κ2) is 15.2. The van der Waals surface area contributed by atoms with Crippen molar-refractivity contribution in [1.82, 2.24) is 19.6 Å². The van der Waals surface area contributed by atoms with Gasteiger partial charge in [0.25, 0.3) is 0 Å². The molecule has 7 heteroatoms. The number of guanidine groups is 2. The summed E-state index contributed by atoms with van der Waals surface area (Å²) in [4.78, 5) is 15.1. The largest absolute Gasteiger partial charge is 0.370 e. The Kier molecular flexibility index (Phi) is 11.7. The highest BCUT2D eigenvalue weighted by Gasteiger charge is 2.43. The zero-order chi connectivity index (χ0) is 32.3. The Morgan fingerprint density at radius 2 is 1.53 bits per heavy atom. The summed E-state index contributed by atoms with van der Waals surface area (Å²) in [6.07, 6.45) is 17.3. The van der Waals surface area contributed by atoms with Crippen molar-refractivity contribution in [1.29, 1.82) is 5.41 Å². The summed E-state index contributed by atoms with van der Waals surface area (Å²) >= 11 is 0. The summed E-state index contributed by atoms with van der Waals surface area (Å²) < 4.78 is 0. The van der Waals surface area contributed by atoms with Crippen LogP contribution in [-0.4, -0.2) is 95.0 Å². The van der Waals surface area contributed by atoms with Crippen molar-refractivity contribution in [2.24, 2.45) is 45.7 Å². The average Bonchev–Trinajstić information content (AvgIpc) is 3.67. The Labute approximate surface area is 277 Å². The van der Waals surface area contributed by atoms with Crippen LogP contribution in [0.2, 0.25) is 0 Å². The monoisotopic (exact) mass is 626 g/mol. The van der Waals surface area contributed by atoms with Crippen LogP contribution < -0.4 is 5.73 Å². The molecular weight excluding hydrogens is 554 g/mol. The molecule has 0 unspecified atom stereocenters. The molecule has 5 aliphatic rings. The topological polar surface area (TPSA) is 75.2 Å². The van der Waals surface area contributed by atoms with Gasteiger partial charge in [-0.25, -0.2) is 0 Å². The van der Waals surface area contributed by atoms with Crippen molar-refractivity contribution in [3.05, 3.63) is 0 Å². The predicted octanol–water partition coefficient (Wildman–Crippen LogP) is 7.26. The predicted molar refractivity (Wildman–Crippen MR) is 191 cm³/mol. The molecule has 3 aliphatic heterocycles. The molecule has 3 N–H and O–H groups in total. The lowest BCUT2D eigenvalue weighted by Gasteiger charge is -2.40. The SMILES string of the molecule is CC(C)C[C@@H]1CN=C(N)N1C[C@@H]1CCCN1C[C@@H](CC1CCCCC1)N1C[C@@H](C(C)C)N(CC2CCC(C(C)(C)C)CC2)C1=N. The number of nitrogens with zero attached hydrogens (tertiary/aromatic N) is 5. The third-order valence-electron chi connectivity index (χ3n) is 12.7. The Hall–Kier alpha value is -1.50. The van der Waals surface area contributed by atoms with E-state index in [0.29, 0.717) is 41.4 Å². The number of aliphatic imine (C=N–C) groups is 1. The molecule has 7 nitrogen and oxygen atoms in total. The number of nitrogens with one attached hydrogen (secondary N) is 1. The average molecular weight is 626 g/mol. The maximum absolute atomic E-state index is 9.71. The zero-order valence-corrected chi connectivity index (χ0v) is 30.4. The van der Waals surface area contributed by atoms with Gasteiger partial charge in [-0.05, 0) is 92.9 Å². The first-order chi connectivity index (χ1) is 21.4. The summed E-state index contributed by atoms with van der Waals surface area (Å²) in [7, 11) is 0. The number of hydrogen-bond acceptors (Lipinski definition) is 5. The Morgan fingerprint density at radius 1 is 0.822 bits per heavy atom. The van der Waals surface area contributed by atoms with Crippen molar-refractivity contribution in [2.75, 3.05) is 39.3 Å². The molecule has 0 bridgehead atoms. The van der Waals surface area contributed by atoms with E-state index < -0.39 is 0 Å². The van der Waals surface area contributed by atoms with Crippen LogP contribution in [0.4, 0.5) is 0 Å². The molecule has 3 heterocycles. The van der Waals surface area contributed by atoms with Gasteiger partial charge in [0.2, 0.25) is 0 Å². The minimum Gasteiger partial charge on any atom is -0.370 e. The highest BCUT2D eigenvalue weighted by molar-refractivity contribution is 5.80. The van der Waals surface area contributed by atoms with Gasteiger partial charge in [0.05, 0.1) is 18.6 Å². The van der Waals surface area contributed by atoms with E-state index in [9.17, 15) is 5.41 Å². The maximum Gasteiger partial charge on any atom is 0.194 e. The molecule has 0 aromatic heterocycles. The van der Waals surface area contributed by atoms with E-state index in [2.05, 4.69) is 73.1 Å². The fourth-order valence-corrected chi connectivity index (χ4v) is 9.82. The van der Waals surface area contributed by atoms with Crippen LogP contribution >= 0.6 is 0 Å². The van der Waals surface area contributed by atoms with Crippen LogP contribution in [0.15, 0.2) is 4.99 Å².